The molecule has 0 aliphatic carbocycles. The predicted molar refractivity (Wildman–Crippen MR) is 130 cm³/mol. The van der Waals surface area contributed by atoms with Gasteiger partial charge in [0.05, 0.1) is 14.2 Å². The average molecular weight is 517 g/mol. The number of hydrogen-bond acceptors (Lipinski definition) is 4. The third kappa shape index (κ3) is 8.26. The molecule has 5 nitrogen and oxygen atoms in total. The highest BCUT2D eigenvalue weighted by Gasteiger charge is 2.07. The molecule has 0 radical (unpaired) electrons. The van der Waals surface area contributed by atoms with Crippen LogP contribution in [0.15, 0.2) is 40.7 Å². The van der Waals surface area contributed by atoms with E-state index in [0.717, 1.165) is 49.8 Å². The Morgan fingerprint density at radius 3 is 2.57 bits per heavy atom. The third-order valence-corrected chi connectivity index (χ3v) is 5.25. The normalized spacial score (nSPS) is 12.1. The highest BCUT2D eigenvalue weighted by atomic mass is 127. The molecule has 2 aromatic rings. The molecule has 7 heteroatoms. The van der Waals surface area contributed by atoms with E-state index in [1.165, 1.54) is 10.4 Å². The molecule has 0 aliphatic rings. The highest BCUT2D eigenvalue weighted by molar-refractivity contribution is 14.0. The van der Waals surface area contributed by atoms with Crippen molar-refractivity contribution in [3.8, 4) is 11.5 Å². The second kappa shape index (κ2) is 13.7. The standard InChI is InChI=1S/C21H31N3O2S.HI/c1-16(13-18-8-6-12-27-18)15-24-21(22-2)23-11-5-7-17-9-10-19(25-3)20(14-17)26-4;/h6,8-10,12,14,16H,5,7,11,13,15H2,1-4H3,(H2,22,23,24);1H. The topological polar surface area (TPSA) is 54.9 Å². The van der Waals surface area contributed by atoms with E-state index in [-0.39, 0.29) is 24.0 Å². The van der Waals surface area contributed by atoms with Gasteiger partial charge in [-0.2, -0.15) is 0 Å². The number of hydrogen-bond donors (Lipinski definition) is 2. The molecule has 2 rings (SSSR count). The van der Waals surface area contributed by atoms with Gasteiger partial charge in [0.15, 0.2) is 17.5 Å². The van der Waals surface area contributed by atoms with Gasteiger partial charge in [0.1, 0.15) is 0 Å². The van der Waals surface area contributed by atoms with Crippen LogP contribution in [0, 0.1) is 5.92 Å². The van der Waals surface area contributed by atoms with Crippen molar-refractivity contribution in [3.05, 3.63) is 46.2 Å². The number of aryl methyl sites for hydroxylation is 1. The lowest BCUT2D eigenvalue weighted by Crippen LogP contribution is -2.40. The van der Waals surface area contributed by atoms with E-state index in [4.69, 9.17) is 9.47 Å². The highest BCUT2D eigenvalue weighted by Crippen LogP contribution is 2.27. The molecule has 0 aliphatic heterocycles. The summed E-state index contributed by atoms with van der Waals surface area (Å²) < 4.78 is 10.6. The number of thiophene rings is 1. The monoisotopic (exact) mass is 517 g/mol. The van der Waals surface area contributed by atoms with Crippen LogP contribution in [0.4, 0.5) is 0 Å². The van der Waals surface area contributed by atoms with Crippen LogP contribution in [-0.2, 0) is 12.8 Å². The summed E-state index contributed by atoms with van der Waals surface area (Å²) in [5.74, 6) is 2.97. The van der Waals surface area contributed by atoms with Gasteiger partial charge in [-0.05, 0) is 54.3 Å². The van der Waals surface area contributed by atoms with Crippen LogP contribution in [0.5, 0.6) is 11.5 Å². The molecule has 0 saturated carbocycles. The van der Waals surface area contributed by atoms with Crippen molar-refractivity contribution in [3.63, 3.8) is 0 Å². The van der Waals surface area contributed by atoms with Crippen molar-refractivity contribution < 1.29 is 9.47 Å². The maximum atomic E-state index is 5.36. The summed E-state index contributed by atoms with van der Waals surface area (Å²) in [7, 11) is 5.13. The lowest BCUT2D eigenvalue weighted by molar-refractivity contribution is 0.354. The summed E-state index contributed by atoms with van der Waals surface area (Å²) >= 11 is 1.82. The largest absolute Gasteiger partial charge is 0.493 e. The Kier molecular flexibility index (Phi) is 12.0. The number of methoxy groups -OCH3 is 2. The van der Waals surface area contributed by atoms with Gasteiger partial charge in [0.25, 0.3) is 0 Å². The summed E-state index contributed by atoms with van der Waals surface area (Å²) in [5.41, 5.74) is 1.24. The fourth-order valence-electron chi connectivity index (χ4n) is 2.87. The van der Waals surface area contributed by atoms with Crippen LogP contribution in [0.25, 0.3) is 0 Å². The number of aliphatic imine (C=N–C) groups is 1. The summed E-state index contributed by atoms with van der Waals surface area (Å²) in [6.07, 6.45) is 3.08. The van der Waals surface area contributed by atoms with Gasteiger partial charge in [-0.15, -0.1) is 35.3 Å². The molecule has 0 fully saturated rings. The summed E-state index contributed by atoms with van der Waals surface area (Å²) in [6.45, 7) is 4.04. The lowest BCUT2D eigenvalue weighted by atomic mass is 10.1. The Bertz CT molecular complexity index is 708. The van der Waals surface area contributed by atoms with Gasteiger partial charge >= 0.3 is 0 Å². The first-order valence-corrected chi connectivity index (χ1v) is 10.2. The maximum absolute atomic E-state index is 5.36. The van der Waals surface area contributed by atoms with E-state index in [2.05, 4.69) is 46.1 Å². The van der Waals surface area contributed by atoms with Crippen LogP contribution in [-0.4, -0.2) is 40.3 Å². The fourth-order valence-corrected chi connectivity index (χ4v) is 3.74. The molecule has 28 heavy (non-hydrogen) atoms. The quantitative estimate of drug-likeness (QED) is 0.213. The van der Waals surface area contributed by atoms with Crippen LogP contribution in [0.2, 0.25) is 0 Å². The van der Waals surface area contributed by atoms with Gasteiger partial charge in [0.2, 0.25) is 0 Å². The van der Waals surface area contributed by atoms with Crippen molar-refractivity contribution in [2.24, 2.45) is 10.9 Å². The predicted octanol–water partition coefficient (Wildman–Crippen LogP) is 4.36. The zero-order chi connectivity index (χ0) is 19.5. The molecular formula is C21H32IN3O2S. The first-order chi connectivity index (χ1) is 13.2. The number of benzene rings is 1. The van der Waals surface area contributed by atoms with E-state index in [1.54, 1.807) is 14.2 Å². The summed E-state index contributed by atoms with van der Waals surface area (Å²) in [5, 5.41) is 8.94. The minimum absolute atomic E-state index is 0. The van der Waals surface area contributed by atoms with Crippen molar-refractivity contribution in [2.45, 2.75) is 26.2 Å². The Balaban J connectivity index is 0.00000392. The minimum Gasteiger partial charge on any atom is -0.493 e. The van der Waals surface area contributed by atoms with Gasteiger partial charge in [-0.1, -0.05) is 19.1 Å². The Labute approximate surface area is 190 Å². The molecular weight excluding hydrogens is 485 g/mol. The molecule has 0 amide bonds. The SMILES string of the molecule is CN=C(NCCCc1ccc(OC)c(OC)c1)NCC(C)Cc1cccs1.I. The molecule has 0 saturated heterocycles. The molecule has 1 aromatic heterocycles. The zero-order valence-corrected chi connectivity index (χ0v) is 20.3. The first kappa shape index (κ1) is 24.6. The van der Waals surface area contributed by atoms with Gasteiger partial charge < -0.3 is 20.1 Å². The molecule has 1 heterocycles. The van der Waals surface area contributed by atoms with Gasteiger partial charge in [-0.25, -0.2) is 0 Å². The maximum Gasteiger partial charge on any atom is 0.190 e. The number of nitrogens with zero attached hydrogens (tertiary/aromatic N) is 1. The third-order valence-electron chi connectivity index (χ3n) is 4.35. The van der Waals surface area contributed by atoms with Gasteiger partial charge in [-0.3, -0.25) is 4.99 Å². The summed E-state index contributed by atoms with van der Waals surface area (Å²) in [6, 6.07) is 10.4. The van der Waals surface area contributed by atoms with Crippen LogP contribution >= 0.6 is 35.3 Å². The van der Waals surface area contributed by atoms with E-state index >= 15 is 0 Å². The fraction of sp³-hybridized carbons (Fsp3) is 0.476. The van der Waals surface area contributed by atoms with Crippen molar-refractivity contribution in [2.75, 3.05) is 34.4 Å². The van der Waals surface area contributed by atoms with Crippen molar-refractivity contribution >= 4 is 41.3 Å². The number of ether oxygens (including phenoxy) is 2. The molecule has 1 atom stereocenters. The average Bonchev–Trinajstić information content (AvgIpc) is 3.20. The van der Waals surface area contributed by atoms with Crippen LogP contribution in [0.3, 0.4) is 0 Å². The number of guanidine groups is 1. The number of halogens is 1. The lowest BCUT2D eigenvalue weighted by Gasteiger charge is -2.15. The van der Waals surface area contributed by atoms with Crippen LogP contribution < -0.4 is 20.1 Å². The molecule has 2 N–H and O–H groups in total. The summed E-state index contributed by atoms with van der Waals surface area (Å²) in [4.78, 5) is 5.74. The van der Waals surface area contributed by atoms with E-state index in [1.807, 2.05) is 30.5 Å². The molecule has 1 aromatic carbocycles. The van der Waals surface area contributed by atoms with E-state index in [0.29, 0.717) is 5.92 Å². The smallest absolute Gasteiger partial charge is 0.190 e. The molecule has 0 spiro atoms. The Hall–Kier alpha value is -1.48. The molecule has 156 valence electrons. The van der Waals surface area contributed by atoms with E-state index in [9.17, 15) is 0 Å². The van der Waals surface area contributed by atoms with Crippen LogP contribution in [0.1, 0.15) is 23.8 Å². The van der Waals surface area contributed by atoms with Crippen molar-refractivity contribution in [1.29, 1.82) is 0 Å². The van der Waals surface area contributed by atoms with Gasteiger partial charge in [0, 0.05) is 25.0 Å². The number of nitrogens with one attached hydrogen (secondary N) is 2. The van der Waals surface area contributed by atoms with E-state index < -0.39 is 0 Å². The second-order valence-electron chi connectivity index (χ2n) is 6.56. The Morgan fingerprint density at radius 2 is 1.93 bits per heavy atom. The molecule has 1 unspecified atom stereocenters. The minimum atomic E-state index is 0. The second-order valence-corrected chi connectivity index (χ2v) is 7.59. The number of rotatable bonds is 10. The molecule has 0 bridgehead atoms. The Morgan fingerprint density at radius 1 is 1.14 bits per heavy atom. The zero-order valence-electron chi connectivity index (χ0n) is 17.2. The first-order valence-electron chi connectivity index (χ1n) is 9.34. The van der Waals surface area contributed by atoms with Crippen molar-refractivity contribution in [1.82, 2.24) is 10.6 Å².